The summed E-state index contributed by atoms with van der Waals surface area (Å²) in [5.41, 5.74) is 1.99. The number of hydrogen-bond donors (Lipinski definition) is 0. The van der Waals surface area contributed by atoms with Gasteiger partial charge in [-0.15, -0.1) is 21.5 Å². The van der Waals surface area contributed by atoms with Crippen molar-refractivity contribution in [1.29, 1.82) is 0 Å². The molecule has 1 unspecified atom stereocenters. The van der Waals surface area contributed by atoms with Gasteiger partial charge in [-0.05, 0) is 48.6 Å². The predicted molar refractivity (Wildman–Crippen MR) is 132 cm³/mol. The molecule has 1 aromatic carbocycles. The van der Waals surface area contributed by atoms with Crippen LogP contribution in [0.2, 0.25) is 0 Å². The van der Waals surface area contributed by atoms with Gasteiger partial charge in [0.05, 0.1) is 23.6 Å². The molecule has 2 aromatic heterocycles. The van der Waals surface area contributed by atoms with E-state index in [1.165, 1.54) is 0 Å². The lowest BCUT2D eigenvalue weighted by atomic mass is 9.96. The lowest BCUT2D eigenvalue weighted by Gasteiger charge is -2.40. The summed E-state index contributed by atoms with van der Waals surface area (Å²) in [6, 6.07) is 16.2. The summed E-state index contributed by atoms with van der Waals surface area (Å²) >= 11 is 1.66. The van der Waals surface area contributed by atoms with Crippen molar-refractivity contribution in [2.75, 3.05) is 56.2 Å². The number of piperidine rings is 1. The van der Waals surface area contributed by atoms with Crippen molar-refractivity contribution in [2.45, 2.75) is 12.8 Å². The number of carbonyl (C=O) groups excluding carboxylic acids is 1. The first kappa shape index (κ1) is 21.7. The third-order valence-electron chi connectivity index (χ3n) is 6.54. The van der Waals surface area contributed by atoms with Crippen molar-refractivity contribution in [3.8, 4) is 16.3 Å². The fourth-order valence-corrected chi connectivity index (χ4v) is 5.44. The standard InChI is InChI=1S/C25H29N5O2S/c1-32-22-8-3-2-7-21(22)28-13-15-29(16-14-28)25(31)19-6-4-12-30(18-19)24-11-10-20(26-27-24)23-9-5-17-33-23/h2-3,5,7-11,17,19H,4,6,12-16,18H2,1H3. The average Bonchev–Trinajstić information content (AvgIpc) is 3.44. The fraction of sp³-hybridized carbons (Fsp3) is 0.400. The van der Waals surface area contributed by atoms with E-state index in [9.17, 15) is 4.79 Å². The second-order valence-corrected chi connectivity index (χ2v) is 9.47. The quantitative estimate of drug-likeness (QED) is 0.574. The molecule has 8 heteroatoms. The zero-order valence-corrected chi connectivity index (χ0v) is 19.7. The van der Waals surface area contributed by atoms with E-state index in [0.29, 0.717) is 6.54 Å². The van der Waals surface area contributed by atoms with Gasteiger partial charge in [-0.25, -0.2) is 0 Å². The van der Waals surface area contributed by atoms with Gasteiger partial charge in [-0.1, -0.05) is 18.2 Å². The third-order valence-corrected chi connectivity index (χ3v) is 7.43. The van der Waals surface area contributed by atoms with Crippen LogP contribution in [0.25, 0.3) is 10.6 Å². The number of piperazine rings is 1. The van der Waals surface area contributed by atoms with Gasteiger partial charge in [0.15, 0.2) is 5.82 Å². The minimum atomic E-state index is 0.00957. The molecular weight excluding hydrogens is 434 g/mol. The number of ether oxygens (including phenoxy) is 1. The van der Waals surface area contributed by atoms with Crippen LogP contribution in [-0.2, 0) is 4.79 Å². The molecule has 5 rings (SSSR count). The van der Waals surface area contributed by atoms with E-state index in [-0.39, 0.29) is 11.8 Å². The number of methoxy groups -OCH3 is 1. The molecular formula is C25H29N5O2S. The third kappa shape index (κ3) is 4.66. The van der Waals surface area contributed by atoms with Crippen LogP contribution in [0.1, 0.15) is 12.8 Å². The number of amides is 1. The van der Waals surface area contributed by atoms with E-state index in [2.05, 4.69) is 32.1 Å². The number of aromatic nitrogens is 2. The van der Waals surface area contributed by atoms with Crippen molar-refractivity contribution in [2.24, 2.45) is 5.92 Å². The summed E-state index contributed by atoms with van der Waals surface area (Å²) in [6.45, 7) is 4.73. The highest BCUT2D eigenvalue weighted by atomic mass is 32.1. The molecule has 0 bridgehead atoms. The molecule has 3 aromatic rings. The molecule has 0 N–H and O–H groups in total. The van der Waals surface area contributed by atoms with Gasteiger partial charge in [0, 0.05) is 39.3 Å². The monoisotopic (exact) mass is 463 g/mol. The van der Waals surface area contributed by atoms with Gasteiger partial charge in [0.1, 0.15) is 11.4 Å². The molecule has 2 aliphatic rings. The van der Waals surface area contributed by atoms with Crippen LogP contribution >= 0.6 is 11.3 Å². The van der Waals surface area contributed by atoms with E-state index < -0.39 is 0 Å². The van der Waals surface area contributed by atoms with Crippen LogP contribution in [0, 0.1) is 5.92 Å². The fourth-order valence-electron chi connectivity index (χ4n) is 4.75. The first-order valence-corrected chi connectivity index (χ1v) is 12.4. The first-order chi connectivity index (χ1) is 16.2. The van der Waals surface area contributed by atoms with Crippen molar-refractivity contribution in [1.82, 2.24) is 15.1 Å². The molecule has 7 nitrogen and oxygen atoms in total. The number of carbonyl (C=O) groups is 1. The number of hydrogen-bond acceptors (Lipinski definition) is 7. The van der Waals surface area contributed by atoms with E-state index >= 15 is 0 Å². The Morgan fingerprint density at radius 2 is 1.82 bits per heavy atom. The summed E-state index contributed by atoms with van der Waals surface area (Å²) in [6.07, 6.45) is 1.93. The van der Waals surface area contributed by atoms with Gasteiger partial charge < -0.3 is 19.4 Å². The maximum absolute atomic E-state index is 13.3. The molecule has 2 aliphatic heterocycles. The Balaban J connectivity index is 1.19. The predicted octanol–water partition coefficient (Wildman–Crippen LogP) is 3.78. The second kappa shape index (κ2) is 9.79. The highest BCUT2D eigenvalue weighted by Gasteiger charge is 2.32. The van der Waals surface area contributed by atoms with Crippen LogP contribution in [0.15, 0.2) is 53.9 Å². The molecule has 1 atom stereocenters. The van der Waals surface area contributed by atoms with Gasteiger partial charge >= 0.3 is 0 Å². The van der Waals surface area contributed by atoms with E-state index in [0.717, 1.165) is 73.4 Å². The summed E-state index contributed by atoms with van der Waals surface area (Å²) in [5.74, 6) is 2.01. The second-order valence-electron chi connectivity index (χ2n) is 8.52. The molecule has 172 valence electrons. The molecule has 4 heterocycles. The summed E-state index contributed by atoms with van der Waals surface area (Å²) < 4.78 is 5.51. The summed E-state index contributed by atoms with van der Waals surface area (Å²) in [5, 5.41) is 10.9. The van der Waals surface area contributed by atoms with Gasteiger partial charge in [0.2, 0.25) is 5.91 Å². The number of thiophene rings is 1. The van der Waals surface area contributed by atoms with Crippen molar-refractivity contribution < 1.29 is 9.53 Å². The van der Waals surface area contributed by atoms with Crippen LogP contribution in [-0.4, -0.2) is 67.4 Å². The highest BCUT2D eigenvalue weighted by molar-refractivity contribution is 7.13. The largest absolute Gasteiger partial charge is 0.495 e. The number of para-hydroxylation sites is 2. The maximum Gasteiger partial charge on any atom is 0.227 e. The molecule has 0 saturated carbocycles. The average molecular weight is 464 g/mol. The van der Waals surface area contributed by atoms with Crippen LogP contribution in [0.4, 0.5) is 11.5 Å². The van der Waals surface area contributed by atoms with Crippen molar-refractivity contribution >= 4 is 28.7 Å². The maximum atomic E-state index is 13.3. The molecule has 0 radical (unpaired) electrons. The number of nitrogens with zero attached hydrogens (tertiary/aromatic N) is 5. The van der Waals surface area contributed by atoms with Crippen molar-refractivity contribution in [3.63, 3.8) is 0 Å². The Morgan fingerprint density at radius 3 is 2.55 bits per heavy atom. The zero-order chi connectivity index (χ0) is 22.6. The Bertz CT molecular complexity index is 1060. The van der Waals surface area contributed by atoms with Gasteiger partial charge in [-0.3, -0.25) is 4.79 Å². The van der Waals surface area contributed by atoms with Crippen LogP contribution in [0.5, 0.6) is 5.75 Å². The van der Waals surface area contributed by atoms with E-state index in [1.807, 2.05) is 46.7 Å². The van der Waals surface area contributed by atoms with Crippen LogP contribution in [0.3, 0.4) is 0 Å². The van der Waals surface area contributed by atoms with Gasteiger partial charge in [-0.2, -0.15) is 0 Å². The SMILES string of the molecule is COc1ccccc1N1CCN(C(=O)C2CCCN(c3ccc(-c4cccs4)nn3)C2)CC1. The molecule has 2 saturated heterocycles. The minimum absolute atomic E-state index is 0.00957. The summed E-state index contributed by atoms with van der Waals surface area (Å²) in [7, 11) is 1.70. The van der Waals surface area contributed by atoms with E-state index in [4.69, 9.17) is 4.74 Å². The Morgan fingerprint density at radius 1 is 0.970 bits per heavy atom. The van der Waals surface area contributed by atoms with Gasteiger partial charge in [0.25, 0.3) is 0 Å². The number of rotatable bonds is 5. The summed E-state index contributed by atoms with van der Waals surface area (Å²) in [4.78, 5) is 21.0. The molecule has 0 aliphatic carbocycles. The normalized spacial score (nSPS) is 18.9. The number of benzene rings is 1. The lowest BCUT2D eigenvalue weighted by molar-refractivity contribution is -0.136. The van der Waals surface area contributed by atoms with E-state index in [1.54, 1.807) is 18.4 Å². The number of anilines is 2. The van der Waals surface area contributed by atoms with Crippen molar-refractivity contribution in [3.05, 3.63) is 53.9 Å². The molecule has 2 fully saturated rings. The highest BCUT2D eigenvalue weighted by Crippen LogP contribution is 2.30. The lowest BCUT2D eigenvalue weighted by Crippen LogP contribution is -2.52. The molecule has 1 amide bonds. The van der Waals surface area contributed by atoms with Crippen LogP contribution < -0.4 is 14.5 Å². The topological polar surface area (TPSA) is 61.8 Å². The first-order valence-electron chi connectivity index (χ1n) is 11.5. The Kier molecular flexibility index (Phi) is 6.44. The minimum Gasteiger partial charge on any atom is -0.495 e. The zero-order valence-electron chi connectivity index (χ0n) is 18.9. The smallest absolute Gasteiger partial charge is 0.227 e. The molecule has 33 heavy (non-hydrogen) atoms. The molecule has 0 spiro atoms. The Labute approximate surface area is 198 Å². The Hall–Kier alpha value is -3.13.